The predicted molar refractivity (Wildman–Crippen MR) is 307 cm³/mol. The van der Waals surface area contributed by atoms with Crippen LogP contribution in [0.5, 0.6) is 0 Å². The number of hydrogen-bond donors (Lipinski definition) is 0. The van der Waals surface area contributed by atoms with Gasteiger partial charge in [0.15, 0.2) is 6.10 Å². The van der Waals surface area contributed by atoms with Crippen molar-refractivity contribution in [3.05, 3.63) is 109 Å². The number of carbonyl (C=O) groups excluding carboxylic acids is 3. The SMILES string of the molecule is CCCCCCC\C=C/C=C\C=C/CCCCCCCC(=O)OCC(COC(=O)CCC/C=C\C/C=C\C/C=C\CCCCCCCC)OC(=O)CCCCCCC\C=C/C=C\C=C/CCCCCCC. The normalized spacial score (nSPS) is 12.9. The Morgan fingerprint density at radius 2 is 0.577 bits per heavy atom. The molecule has 0 aliphatic rings. The van der Waals surface area contributed by atoms with Crippen molar-refractivity contribution >= 4 is 17.9 Å². The molecule has 0 saturated carbocycles. The van der Waals surface area contributed by atoms with Crippen LogP contribution in [0.1, 0.15) is 265 Å². The lowest BCUT2D eigenvalue weighted by Crippen LogP contribution is -2.30. The van der Waals surface area contributed by atoms with Crippen molar-refractivity contribution in [3.63, 3.8) is 0 Å². The molecule has 0 aliphatic carbocycles. The summed E-state index contributed by atoms with van der Waals surface area (Å²) in [4.78, 5) is 38.2. The molecule has 0 fully saturated rings. The van der Waals surface area contributed by atoms with Crippen LogP contribution in [0.4, 0.5) is 0 Å². The summed E-state index contributed by atoms with van der Waals surface area (Å²) in [6.45, 7) is 6.53. The van der Waals surface area contributed by atoms with Gasteiger partial charge in [-0.1, -0.05) is 252 Å². The van der Waals surface area contributed by atoms with Gasteiger partial charge in [0.1, 0.15) is 13.2 Å². The van der Waals surface area contributed by atoms with Gasteiger partial charge in [-0.25, -0.2) is 0 Å². The van der Waals surface area contributed by atoms with Crippen molar-refractivity contribution in [1.82, 2.24) is 0 Å². The molecule has 1 unspecified atom stereocenters. The number of unbranched alkanes of at least 4 members (excludes halogenated alkanes) is 27. The third-order valence-electron chi connectivity index (χ3n) is 12.3. The molecule has 6 heteroatoms. The average molecular weight is 986 g/mol. The van der Waals surface area contributed by atoms with Gasteiger partial charge < -0.3 is 14.2 Å². The van der Waals surface area contributed by atoms with Crippen LogP contribution >= 0.6 is 0 Å². The van der Waals surface area contributed by atoms with Crippen LogP contribution in [-0.2, 0) is 28.6 Å². The van der Waals surface area contributed by atoms with Crippen LogP contribution in [0.2, 0.25) is 0 Å². The largest absolute Gasteiger partial charge is 0.462 e. The van der Waals surface area contributed by atoms with E-state index in [4.69, 9.17) is 14.2 Å². The number of carbonyl (C=O) groups is 3. The molecule has 0 rings (SSSR count). The van der Waals surface area contributed by atoms with E-state index in [0.717, 1.165) is 109 Å². The van der Waals surface area contributed by atoms with Crippen LogP contribution in [0, 0.1) is 0 Å². The number of rotatable bonds is 52. The van der Waals surface area contributed by atoms with E-state index in [1.54, 1.807) is 0 Å². The van der Waals surface area contributed by atoms with Crippen molar-refractivity contribution < 1.29 is 28.6 Å². The smallest absolute Gasteiger partial charge is 0.306 e. The van der Waals surface area contributed by atoms with Gasteiger partial charge >= 0.3 is 17.9 Å². The summed E-state index contributed by atoms with van der Waals surface area (Å²) in [6.07, 6.45) is 79.3. The highest BCUT2D eigenvalue weighted by molar-refractivity contribution is 5.71. The Morgan fingerprint density at radius 3 is 0.958 bits per heavy atom. The van der Waals surface area contributed by atoms with Crippen molar-refractivity contribution in [3.8, 4) is 0 Å². The fourth-order valence-electron chi connectivity index (χ4n) is 7.87. The molecule has 0 aromatic heterocycles. The molecule has 0 heterocycles. The molecule has 0 bridgehead atoms. The Labute approximate surface area is 438 Å². The Kier molecular flexibility index (Phi) is 55.4. The average Bonchev–Trinajstić information content (AvgIpc) is 3.37. The second kappa shape index (κ2) is 58.6. The molecule has 0 aromatic carbocycles. The van der Waals surface area contributed by atoms with E-state index in [2.05, 4.69) is 130 Å². The van der Waals surface area contributed by atoms with Gasteiger partial charge in [0, 0.05) is 19.3 Å². The van der Waals surface area contributed by atoms with Crippen molar-refractivity contribution in [1.29, 1.82) is 0 Å². The third kappa shape index (κ3) is 56.9. The summed E-state index contributed by atoms with van der Waals surface area (Å²) < 4.78 is 16.8. The fraction of sp³-hybridized carbons (Fsp3) is 0.677. The van der Waals surface area contributed by atoms with Crippen LogP contribution in [0.25, 0.3) is 0 Å². The minimum absolute atomic E-state index is 0.114. The van der Waals surface area contributed by atoms with E-state index in [1.165, 1.54) is 109 Å². The standard InChI is InChI=1S/C65H108O6/c1-4-7-10-13-16-19-22-25-28-31-34-37-40-43-46-49-52-55-58-64(67)70-61-62(60-69-63(66)57-54-51-48-45-42-39-36-33-30-27-24-21-18-15-12-9-6-3)71-65(68)59-56-53-50-47-44-41-38-35-32-29-26-23-20-17-14-11-8-5-2/h22-23,25-32,34-39,45,48,62H,4-21,24,33,40-44,46-47,49-61H2,1-3H3/b25-22-,26-23-,30-27-,31-28-,32-29-,37-34-,38-35-,39-36-,48-45-. The summed E-state index contributed by atoms with van der Waals surface area (Å²) in [6, 6.07) is 0. The van der Waals surface area contributed by atoms with Crippen LogP contribution in [-0.4, -0.2) is 37.2 Å². The Morgan fingerprint density at radius 1 is 0.296 bits per heavy atom. The van der Waals surface area contributed by atoms with Crippen molar-refractivity contribution in [2.24, 2.45) is 0 Å². The van der Waals surface area contributed by atoms with E-state index < -0.39 is 6.10 Å². The highest BCUT2D eigenvalue weighted by Crippen LogP contribution is 2.13. The first kappa shape index (κ1) is 67.1. The van der Waals surface area contributed by atoms with Crippen molar-refractivity contribution in [2.75, 3.05) is 13.2 Å². The second-order valence-electron chi connectivity index (χ2n) is 19.3. The Balaban J connectivity index is 4.56. The molecule has 0 saturated heterocycles. The lowest BCUT2D eigenvalue weighted by atomic mass is 10.1. The summed E-state index contributed by atoms with van der Waals surface area (Å²) in [5.41, 5.74) is 0. The van der Waals surface area contributed by atoms with E-state index in [0.29, 0.717) is 12.8 Å². The quantitative estimate of drug-likeness (QED) is 0.0199. The molecule has 0 amide bonds. The Bertz CT molecular complexity index is 1460. The van der Waals surface area contributed by atoms with E-state index in [1.807, 2.05) is 0 Å². The highest BCUT2D eigenvalue weighted by atomic mass is 16.6. The zero-order valence-electron chi connectivity index (χ0n) is 46.2. The van der Waals surface area contributed by atoms with Crippen LogP contribution in [0.15, 0.2) is 109 Å². The third-order valence-corrected chi connectivity index (χ3v) is 12.3. The summed E-state index contributed by atoms with van der Waals surface area (Å²) >= 11 is 0. The zero-order valence-corrected chi connectivity index (χ0v) is 46.2. The topological polar surface area (TPSA) is 78.9 Å². The maximum atomic E-state index is 12.9. The van der Waals surface area contributed by atoms with E-state index in [9.17, 15) is 14.4 Å². The molecule has 1 atom stereocenters. The first-order valence-corrected chi connectivity index (χ1v) is 29.5. The number of ether oxygens (including phenoxy) is 3. The van der Waals surface area contributed by atoms with Crippen LogP contribution in [0.3, 0.4) is 0 Å². The predicted octanol–water partition coefficient (Wildman–Crippen LogP) is 19.9. The molecule has 71 heavy (non-hydrogen) atoms. The number of hydrogen-bond acceptors (Lipinski definition) is 6. The fourth-order valence-corrected chi connectivity index (χ4v) is 7.87. The van der Waals surface area contributed by atoms with Gasteiger partial charge in [0.2, 0.25) is 0 Å². The molecule has 6 nitrogen and oxygen atoms in total. The highest BCUT2D eigenvalue weighted by Gasteiger charge is 2.19. The summed E-state index contributed by atoms with van der Waals surface area (Å²) in [7, 11) is 0. The molecule has 0 aromatic rings. The zero-order chi connectivity index (χ0) is 51.4. The summed E-state index contributed by atoms with van der Waals surface area (Å²) in [5.74, 6) is -1.00. The first-order valence-electron chi connectivity index (χ1n) is 29.5. The van der Waals surface area contributed by atoms with E-state index in [-0.39, 0.29) is 44.0 Å². The monoisotopic (exact) mass is 985 g/mol. The lowest BCUT2D eigenvalue weighted by molar-refractivity contribution is -0.167. The van der Waals surface area contributed by atoms with Gasteiger partial charge in [-0.05, 0) is 103 Å². The molecule has 0 N–H and O–H groups in total. The molecule has 0 spiro atoms. The lowest BCUT2D eigenvalue weighted by Gasteiger charge is -2.18. The number of esters is 3. The second-order valence-corrected chi connectivity index (χ2v) is 19.3. The summed E-state index contributed by atoms with van der Waals surface area (Å²) in [5, 5.41) is 0. The van der Waals surface area contributed by atoms with Gasteiger partial charge in [-0.3, -0.25) is 14.4 Å². The molecule has 0 radical (unpaired) electrons. The van der Waals surface area contributed by atoms with Gasteiger partial charge in [0.05, 0.1) is 0 Å². The number of allylic oxidation sites excluding steroid dienone is 18. The molecular weight excluding hydrogens is 877 g/mol. The van der Waals surface area contributed by atoms with E-state index >= 15 is 0 Å². The Hall–Kier alpha value is -3.93. The molecule has 0 aliphatic heterocycles. The minimum atomic E-state index is -0.821. The van der Waals surface area contributed by atoms with Gasteiger partial charge in [-0.2, -0.15) is 0 Å². The molecule has 404 valence electrons. The van der Waals surface area contributed by atoms with Gasteiger partial charge in [-0.15, -0.1) is 0 Å². The van der Waals surface area contributed by atoms with Crippen LogP contribution < -0.4 is 0 Å². The maximum Gasteiger partial charge on any atom is 0.306 e. The first-order chi connectivity index (χ1) is 35.0. The minimum Gasteiger partial charge on any atom is -0.462 e. The maximum absolute atomic E-state index is 12.9. The van der Waals surface area contributed by atoms with Gasteiger partial charge in [0.25, 0.3) is 0 Å². The molecular formula is C65H108O6. The van der Waals surface area contributed by atoms with Crippen molar-refractivity contribution in [2.45, 2.75) is 271 Å².